The highest BCUT2D eigenvalue weighted by Crippen LogP contribution is 2.13. The van der Waals surface area contributed by atoms with Gasteiger partial charge in [0.05, 0.1) is 0 Å². The minimum atomic E-state index is 0.871. The Balaban J connectivity index is 2.90. The Labute approximate surface area is 86.3 Å². The molecule has 0 aliphatic carbocycles. The molecule has 0 nitrogen and oxygen atoms in total. The molecule has 1 atom stereocenters. The van der Waals surface area contributed by atoms with Crippen LogP contribution in [-0.2, 0) is 0 Å². The summed E-state index contributed by atoms with van der Waals surface area (Å²) in [4.78, 5) is 0. The fourth-order valence-corrected chi connectivity index (χ4v) is 1.67. The highest BCUT2D eigenvalue weighted by Gasteiger charge is 1.98. The third kappa shape index (κ3) is 8.58. The molecule has 0 aliphatic rings. The second-order valence-electron chi connectivity index (χ2n) is 3.82. The standard InChI is InChI=1S/C11H23Br/c1-3-4-5-6-7-8-9-11(2)10-12/h11H,3-10H2,1-2H3/t11-/m1/s1. The summed E-state index contributed by atoms with van der Waals surface area (Å²) in [5, 5.41) is 1.17. The van der Waals surface area contributed by atoms with Gasteiger partial charge in [-0.3, -0.25) is 0 Å². The van der Waals surface area contributed by atoms with Crippen LogP contribution in [0.5, 0.6) is 0 Å². The van der Waals surface area contributed by atoms with E-state index in [1.165, 1.54) is 50.3 Å². The summed E-state index contributed by atoms with van der Waals surface area (Å²) in [5.41, 5.74) is 0. The Morgan fingerprint density at radius 3 is 2.17 bits per heavy atom. The molecule has 0 N–H and O–H groups in total. The zero-order valence-electron chi connectivity index (χ0n) is 8.61. The van der Waals surface area contributed by atoms with Gasteiger partial charge < -0.3 is 0 Å². The predicted octanol–water partition coefficient (Wildman–Crippen LogP) is 4.77. The third-order valence-electron chi connectivity index (χ3n) is 2.31. The normalized spacial score (nSPS) is 13.2. The smallest absolute Gasteiger partial charge is 0.00570 e. The van der Waals surface area contributed by atoms with E-state index >= 15 is 0 Å². The lowest BCUT2D eigenvalue weighted by Crippen LogP contribution is -1.94. The van der Waals surface area contributed by atoms with E-state index in [9.17, 15) is 0 Å². The van der Waals surface area contributed by atoms with E-state index < -0.39 is 0 Å². The number of rotatable bonds is 8. The number of unbranched alkanes of at least 4 members (excludes halogenated alkanes) is 5. The number of alkyl halides is 1. The molecule has 0 aromatic carbocycles. The zero-order valence-corrected chi connectivity index (χ0v) is 10.2. The maximum atomic E-state index is 3.51. The number of hydrogen-bond acceptors (Lipinski definition) is 0. The molecule has 0 spiro atoms. The minimum Gasteiger partial charge on any atom is -0.0925 e. The van der Waals surface area contributed by atoms with Gasteiger partial charge in [0.15, 0.2) is 0 Å². The highest BCUT2D eigenvalue weighted by molar-refractivity contribution is 9.09. The lowest BCUT2D eigenvalue weighted by Gasteiger charge is -2.06. The van der Waals surface area contributed by atoms with Crippen LogP contribution in [0, 0.1) is 5.92 Å². The van der Waals surface area contributed by atoms with Gasteiger partial charge in [0.1, 0.15) is 0 Å². The van der Waals surface area contributed by atoms with Gasteiger partial charge in [0, 0.05) is 5.33 Å². The van der Waals surface area contributed by atoms with Crippen molar-refractivity contribution >= 4 is 15.9 Å². The van der Waals surface area contributed by atoms with Crippen LogP contribution in [0.3, 0.4) is 0 Å². The number of hydrogen-bond donors (Lipinski definition) is 0. The van der Waals surface area contributed by atoms with Gasteiger partial charge in [0.2, 0.25) is 0 Å². The molecule has 0 aliphatic heterocycles. The van der Waals surface area contributed by atoms with Gasteiger partial charge in [-0.05, 0) is 12.3 Å². The summed E-state index contributed by atoms with van der Waals surface area (Å²) >= 11 is 3.51. The first-order valence-electron chi connectivity index (χ1n) is 5.37. The molecular weight excluding hydrogens is 212 g/mol. The molecule has 0 unspecified atom stereocenters. The Hall–Kier alpha value is 0.480. The Morgan fingerprint density at radius 2 is 1.58 bits per heavy atom. The Morgan fingerprint density at radius 1 is 1.00 bits per heavy atom. The zero-order chi connectivity index (χ0) is 9.23. The third-order valence-corrected chi connectivity index (χ3v) is 3.42. The van der Waals surface area contributed by atoms with Gasteiger partial charge in [-0.2, -0.15) is 0 Å². The molecule has 0 saturated carbocycles. The summed E-state index contributed by atoms with van der Waals surface area (Å²) in [6, 6.07) is 0. The molecule has 12 heavy (non-hydrogen) atoms. The molecule has 0 bridgehead atoms. The van der Waals surface area contributed by atoms with Crippen LogP contribution in [0.25, 0.3) is 0 Å². The van der Waals surface area contributed by atoms with Gasteiger partial charge in [0.25, 0.3) is 0 Å². The lowest BCUT2D eigenvalue weighted by molar-refractivity contribution is 0.521. The Bertz CT molecular complexity index is 81.1. The molecule has 0 heterocycles. The van der Waals surface area contributed by atoms with Gasteiger partial charge in [-0.25, -0.2) is 0 Å². The first kappa shape index (κ1) is 12.5. The quantitative estimate of drug-likeness (QED) is 0.420. The van der Waals surface area contributed by atoms with Crippen LogP contribution >= 0.6 is 15.9 Å². The Kier molecular flexibility index (Phi) is 9.95. The van der Waals surface area contributed by atoms with E-state index in [4.69, 9.17) is 0 Å². The average molecular weight is 235 g/mol. The van der Waals surface area contributed by atoms with Crippen LogP contribution in [0.4, 0.5) is 0 Å². The van der Waals surface area contributed by atoms with Crippen molar-refractivity contribution in [3.8, 4) is 0 Å². The first-order valence-corrected chi connectivity index (χ1v) is 6.49. The van der Waals surface area contributed by atoms with E-state index in [2.05, 4.69) is 29.8 Å². The molecular formula is C11H23Br. The van der Waals surface area contributed by atoms with Crippen LogP contribution in [0.2, 0.25) is 0 Å². The molecule has 1 heteroatoms. The molecule has 74 valence electrons. The van der Waals surface area contributed by atoms with Crippen LogP contribution < -0.4 is 0 Å². The van der Waals surface area contributed by atoms with Gasteiger partial charge >= 0.3 is 0 Å². The maximum Gasteiger partial charge on any atom is 0.00570 e. The van der Waals surface area contributed by atoms with Crippen molar-refractivity contribution in [3.63, 3.8) is 0 Å². The van der Waals surface area contributed by atoms with Crippen molar-refractivity contribution < 1.29 is 0 Å². The summed E-state index contributed by atoms with van der Waals surface area (Å²) in [6.07, 6.45) is 9.94. The largest absolute Gasteiger partial charge is 0.0925 e. The SMILES string of the molecule is CCCCCCCC[C@@H](C)CBr. The molecule has 0 rings (SSSR count). The lowest BCUT2D eigenvalue weighted by atomic mass is 10.0. The summed E-state index contributed by atoms with van der Waals surface area (Å²) < 4.78 is 0. The van der Waals surface area contributed by atoms with Crippen LogP contribution in [0.1, 0.15) is 58.8 Å². The second kappa shape index (κ2) is 9.57. The van der Waals surface area contributed by atoms with Crippen LogP contribution in [-0.4, -0.2) is 5.33 Å². The second-order valence-corrected chi connectivity index (χ2v) is 4.46. The van der Waals surface area contributed by atoms with Crippen molar-refractivity contribution in [2.75, 3.05) is 5.33 Å². The highest BCUT2D eigenvalue weighted by atomic mass is 79.9. The van der Waals surface area contributed by atoms with Crippen molar-refractivity contribution in [1.82, 2.24) is 0 Å². The van der Waals surface area contributed by atoms with E-state index in [-0.39, 0.29) is 0 Å². The van der Waals surface area contributed by atoms with Gasteiger partial charge in [-0.15, -0.1) is 0 Å². The molecule has 0 radical (unpaired) electrons. The average Bonchev–Trinajstić information content (AvgIpc) is 2.10. The molecule has 0 aromatic rings. The van der Waals surface area contributed by atoms with E-state index in [0.29, 0.717) is 0 Å². The summed E-state index contributed by atoms with van der Waals surface area (Å²) in [5.74, 6) is 0.871. The van der Waals surface area contributed by atoms with Crippen molar-refractivity contribution in [1.29, 1.82) is 0 Å². The maximum absolute atomic E-state index is 3.51. The number of halogens is 1. The van der Waals surface area contributed by atoms with Crippen LogP contribution in [0.15, 0.2) is 0 Å². The fourth-order valence-electron chi connectivity index (χ4n) is 1.35. The van der Waals surface area contributed by atoms with E-state index in [1.54, 1.807) is 0 Å². The van der Waals surface area contributed by atoms with Gasteiger partial charge in [-0.1, -0.05) is 68.3 Å². The van der Waals surface area contributed by atoms with Crippen molar-refractivity contribution in [2.45, 2.75) is 58.8 Å². The topological polar surface area (TPSA) is 0 Å². The summed E-state index contributed by atoms with van der Waals surface area (Å²) in [6.45, 7) is 4.59. The monoisotopic (exact) mass is 234 g/mol. The fraction of sp³-hybridized carbons (Fsp3) is 1.00. The van der Waals surface area contributed by atoms with Crippen molar-refractivity contribution in [3.05, 3.63) is 0 Å². The molecule has 0 amide bonds. The minimum absolute atomic E-state index is 0.871. The van der Waals surface area contributed by atoms with E-state index in [0.717, 1.165) is 5.92 Å². The van der Waals surface area contributed by atoms with Crippen molar-refractivity contribution in [2.24, 2.45) is 5.92 Å². The molecule has 0 saturated heterocycles. The van der Waals surface area contributed by atoms with E-state index in [1.807, 2.05) is 0 Å². The molecule has 0 aromatic heterocycles. The predicted molar refractivity (Wildman–Crippen MR) is 61.0 cm³/mol. The summed E-state index contributed by atoms with van der Waals surface area (Å²) in [7, 11) is 0. The molecule has 0 fully saturated rings. The first-order chi connectivity index (χ1) is 5.81.